The molecule has 1 aromatic heterocycles. The summed E-state index contributed by atoms with van der Waals surface area (Å²) >= 11 is 1.51. The van der Waals surface area contributed by atoms with E-state index in [0.29, 0.717) is 12.2 Å². The lowest BCUT2D eigenvalue weighted by Crippen LogP contribution is -2.15. The third-order valence-electron chi connectivity index (χ3n) is 1.68. The van der Waals surface area contributed by atoms with E-state index in [-0.39, 0.29) is 5.84 Å². The van der Waals surface area contributed by atoms with Gasteiger partial charge < -0.3 is 15.7 Å². The Hall–Kier alpha value is -1.27. The minimum absolute atomic E-state index is 0.0722. The van der Waals surface area contributed by atoms with Crippen molar-refractivity contribution in [3.05, 3.63) is 23.9 Å². The zero-order valence-electron chi connectivity index (χ0n) is 8.38. The van der Waals surface area contributed by atoms with E-state index >= 15 is 0 Å². The van der Waals surface area contributed by atoms with Crippen LogP contribution in [0.3, 0.4) is 0 Å². The zero-order valence-corrected chi connectivity index (χ0v) is 9.20. The number of hydrogen-bond acceptors (Lipinski definition) is 5. The number of rotatable bonds is 5. The van der Waals surface area contributed by atoms with Gasteiger partial charge in [0.05, 0.1) is 12.2 Å². The van der Waals surface area contributed by atoms with Gasteiger partial charge in [-0.2, -0.15) is 0 Å². The molecular formula is C9H13N3O2S. The fraction of sp³-hybridized carbons (Fsp3) is 0.333. The molecule has 5 nitrogen and oxygen atoms in total. The first kappa shape index (κ1) is 11.8. The maximum Gasteiger partial charge on any atom is 0.172 e. The van der Waals surface area contributed by atoms with Gasteiger partial charge in [0.1, 0.15) is 5.03 Å². The molecule has 0 aliphatic carbocycles. The number of thioether (sulfide) groups is 1. The van der Waals surface area contributed by atoms with Crippen LogP contribution in [-0.4, -0.2) is 35.5 Å². The van der Waals surface area contributed by atoms with Crippen LogP contribution in [0.5, 0.6) is 0 Å². The minimum Gasteiger partial charge on any atom is -0.409 e. The van der Waals surface area contributed by atoms with E-state index in [1.165, 1.54) is 11.8 Å². The Morgan fingerprint density at radius 1 is 1.73 bits per heavy atom. The van der Waals surface area contributed by atoms with Crippen LogP contribution in [0.1, 0.15) is 5.56 Å². The van der Waals surface area contributed by atoms with E-state index in [4.69, 9.17) is 15.7 Å². The summed E-state index contributed by atoms with van der Waals surface area (Å²) in [5.41, 5.74) is 6.15. The average molecular weight is 227 g/mol. The molecule has 0 saturated heterocycles. The molecule has 0 aromatic carbocycles. The molecule has 0 aliphatic heterocycles. The highest BCUT2D eigenvalue weighted by Gasteiger charge is 2.07. The third kappa shape index (κ3) is 3.41. The third-order valence-corrected chi connectivity index (χ3v) is 2.65. The smallest absolute Gasteiger partial charge is 0.172 e. The molecule has 0 bridgehead atoms. The summed E-state index contributed by atoms with van der Waals surface area (Å²) in [5, 5.41) is 12.3. The monoisotopic (exact) mass is 227 g/mol. The molecule has 0 aliphatic rings. The molecule has 6 heteroatoms. The van der Waals surface area contributed by atoms with Gasteiger partial charge in [-0.3, -0.25) is 0 Å². The summed E-state index contributed by atoms with van der Waals surface area (Å²) in [5.74, 6) is 0.849. The van der Waals surface area contributed by atoms with Crippen molar-refractivity contribution in [2.45, 2.75) is 5.03 Å². The van der Waals surface area contributed by atoms with Crippen molar-refractivity contribution < 1.29 is 9.94 Å². The first-order valence-corrected chi connectivity index (χ1v) is 5.32. The lowest BCUT2D eigenvalue weighted by molar-refractivity contribution is 0.218. The molecule has 0 atom stereocenters. The van der Waals surface area contributed by atoms with Crippen molar-refractivity contribution >= 4 is 17.6 Å². The van der Waals surface area contributed by atoms with Gasteiger partial charge in [0.2, 0.25) is 0 Å². The van der Waals surface area contributed by atoms with Gasteiger partial charge in [-0.1, -0.05) is 5.16 Å². The van der Waals surface area contributed by atoms with Gasteiger partial charge in [0.15, 0.2) is 5.84 Å². The molecule has 3 N–H and O–H groups in total. The Bertz CT molecular complexity index is 344. The Morgan fingerprint density at radius 3 is 3.20 bits per heavy atom. The van der Waals surface area contributed by atoms with Gasteiger partial charge in [-0.05, 0) is 12.1 Å². The number of nitrogens with two attached hydrogens (primary N) is 1. The second-order valence-corrected chi connectivity index (χ2v) is 3.77. The number of pyridine rings is 1. The van der Waals surface area contributed by atoms with Crippen LogP contribution in [0.2, 0.25) is 0 Å². The van der Waals surface area contributed by atoms with Crippen molar-refractivity contribution in [3.63, 3.8) is 0 Å². The Labute approximate surface area is 92.3 Å². The topological polar surface area (TPSA) is 80.7 Å². The second kappa shape index (κ2) is 6.26. The molecular weight excluding hydrogens is 214 g/mol. The van der Waals surface area contributed by atoms with E-state index in [1.54, 1.807) is 25.4 Å². The van der Waals surface area contributed by atoms with Crippen LogP contribution in [0.25, 0.3) is 0 Å². The van der Waals surface area contributed by atoms with Gasteiger partial charge in [0, 0.05) is 19.1 Å². The molecule has 0 spiro atoms. The number of aromatic nitrogens is 1. The summed E-state index contributed by atoms with van der Waals surface area (Å²) in [6.07, 6.45) is 1.67. The average Bonchev–Trinajstić information content (AvgIpc) is 2.29. The minimum atomic E-state index is 0.0722. The van der Waals surface area contributed by atoms with Gasteiger partial charge in [-0.25, -0.2) is 4.98 Å². The normalized spacial score (nSPS) is 11.7. The number of amidine groups is 1. The molecule has 0 radical (unpaired) electrons. The molecule has 1 rings (SSSR count). The highest BCUT2D eigenvalue weighted by molar-refractivity contribution is 7.99. The van der Waals surface area contributed by atoms with Crippen LogP contribution >= 0.6 is 11.8 Å². The summed E-state index contributed by atoms with van der Waals surface area (Å²) in [7, 11) is 1.64. The van der Waals surface area contributed by atoms with Gasteiger partial charge in [0.25, 0.3) is 0 Å². The second-order valence-electron chi connectivity index (χ2n) is 2.68. The van der Waals surface area contributed by atoms with Crippen molar-refractivity contribution in [2.24, 2.45) is 10.9 Å². The number of methoxy groups -OCH3 is 1. The maximum atomic E-state index is 8.59. The molecule has 1 aromatic rings. The van der Waals surface area contributed by atoms with Crippen LogP contribution in [0, 0.1) is 0 Å². The summed E-state index contributed by atoms with van der Waals surface area (Å²) < 4.78 is 4.93. The fourth-order valence-electron chi connectivity index (χ4n) is 0.976. The van der Waals surface area contributed by atoms with E-state index in [9.17, 15) is 0 Å². The predicted molar refractivity (Wildman–Crippen MR) is 59.3 cm³/mol. The first-order valence-electron chi connectivity index (χ1n) is 4.34. The molecule has 0 unspecified atom stereocenters. The highest BCUT2D eigenvalue weighted by atomic mass is 32.2. The molecule has 0 fully saturated rings. The van der Waals surface area contributed by atoms with Crippen molar-refractivity contribution in [3.8, 4) is 0 Å². The maximum absolute atomic E-state index is 8.59. The number of nitrogens with zero attached hydrogens (tertiary/aromatic N) is 2. The van der Waals surface area contributed by atoms with Crippen molar-refractivity contribution in [1.29, 1.82) is 0 Å². The first-order chi connectivity index (χ1) is 7.29. The zero-order chi connectivity index (χ0) is 11.1. The lowest BCUT2D eigenvalue weighted by atomic mass is 10.3. The quantitative estimate of drug-likeness (QED) is 0.195. The Morgan fingerprint density at radius 2 is 2.53 bits per heavy atom. The largest absolute Gasteiger partial charge is 0.409 e. The van der Waals surface area contributed by atoms with E-state index in [0.717, 1.165) is 10.8 Å². The lowest BCUT2D eigenvalue weighted by Gasteiger charge is -2.05. The van der Waals surface area contributed by atoms with Gasteiger partial charge in [-0.15, -0.1) is 11.8 Å². The summed E-state index contributed by atoms with van der Waals surface area (Å²) in [4.78, 5) is 4.15. The molecule has 82 valence electrons. The van der Waals surface area contributed by atoms with Crippen molar-refractivity contribution in [1.82, 2.24) is 4.98 Å². The Balaban J connectivity index is 2.77. The fourth-order valence-corrected chi connectivity index (χ4v) is 1.88. The highest BCUT2D eigenvalue weighted by Crippen LogP contribution is 2.19. The molecule has 1 heterocycles. The van der Waals surface area contributed by atoms with E-state index in [1.807, 2.05) is 0 Å². The molecule has 15 heavy (non-hydrogen) atoms. The number of ether oxygens (including phenoxy) is 1. The summed E-state index contributed by atoms with van der Waals surface area (Å²) in [6, 6.07) is 3.50. The van der Waals surface area contributed by atoms with Gasteiger partial charge >= 0.3 is 0 Å². The SMILES string of the molecule is COCCSc1ncccc1/C(N)=N/O. The van der Waals surface area contributed by atoms with Crippen LogP contribution < -0.4 is 5.73 Å². The Kier molecular flexibility index (Phi) is 4.92. The van der Waals surface area contributed by atoms with Crippen LogP contribution in [0.15, 0.2) is 28.5 Å². The van der Waals surface area contributed by atoms with Crippen molar-refractivity contribution in [2.75, 3.05) is 19.5 Å². The summed E-state index contributed by atoms with van der Waals surface area (Å²) in [6.45, 7) is 0.636. The van der Waals surface area contributed by atoms with E-state index in [2.05, 4.69) is 10.1 Å². The number of hydrogen-bond donors (Lipinski definition) is 2. The van der Waals surface area contributed by atoms with E-state index < -0.39 is 0 Å². The molecule has 0 amide bonds. The van der Waals surface area contributed by atoms with Crippen LogP contribution in [-0.2, 0) is 4.74 Å². The number of oxime groups is 1. The predicted octanol–water partition coefficient (Wildman–Crippen LogP) is 0.915. The van der Waals surface area contributed by atoms with Crippen LogP contribution in [0.4, 0.5) is 0 Å². The molecule has 0 saturated carbocycles. The standard InChI is InChI=1S/C9H13N3O2S/c1-14-5-6-15-9-7(8(10)12-13)3-2-4-11-9/h2-4,13H,5-6H2,1H3,(H2,10,12).